The van der Waals surface area contributed by atoms with Gasteiger partial charge in [0.2, 0.25) is 0 Å². The highest BCUT2D eigenvalue weighted by Crippen LogP contribution is 2.39. The quantitative estimate of drug-likeness (QED) is 0.0520. The minimum Gasteiger partial charge on any atom is -0.497 e. The second-order valence-corrected chi connectivity index (χ2v) is 13.3. The summed E-state index contributed by atoms with van der Waals surface area (Å²) < 4.78 is 21.8. The smallest absolute Gasteiger partial charge is 0.361 e. The minimum atomic E-state index is -0.480. The largest absolute Gasteiger partial charge is 0.497 e. The number of carbonyl (C=O) groups is 1. The van der Waals surface area contributed by atoms with E-state index in [2.05, 4.69) is 52.1 Å². The molecule has 0 unspecified atom stereocenters. The van der Waals surface area contributed by atoms with Gasteiger partial charge in [-0.2, -0.15) is 25.2 Å². The SMILES string of the molecule is C=NN(Cc1ccc(OC)cc1)/N=C(\C)c1ccc2c(c1)Cc1cc(-c3nn(Cc4ccc(OC)cc4)nc3C(=O)OCCCN3CCOCC3)ccc1-2. The standard InChI is InChI=1S/C42H45N7O5/c1-29(44-48(43-2)27-30-6-12-36(51-3)13-7-30)32-10-16-38-34(24-32)26-35-25-33(11-17-39(35)38)40-41(42(50)54-21-5-18-47-19-22-53-23-20-47)46-49(45-40)28-31-8-14-37(52-4)15-9-31/h6-17,24-25H,2,5,18-23,26-28H2,1,3-4H3/b44-29+. The van der Waals surface area contributed by atoms with Crippen LogP contribution in [-0.2, 0) is 29.0 Å². The number of rotatable bonds is 15. The van der Waals surface area contributed by atoms with Crippen LogP contribution >= 0.6 is 0 Å². The number of nitrogens with zero attached hydrogens (tertiary/aromatic N) is 7. The number of hydrazone groups is 2. The van der Waals surface area contributed by atoms with E-state index in [4.69, 9.17) is 29.1 Å². The predicted octanol–water partition coefficient (Wildman–Crippen LogP) is 6.30. The third-order valence-corrected chi connectivity index (χ3v) is 9.77. The Morgan fingerprint density at radius 2 is 1.54 bits per heavy atom. The summed E-state index contributed by atoms with van der Waals surface area (Å²) in [5.74, 6) is 1.09. The molecule has 0 spiro atoms. The Balaban J connectivity index is 1.09. The first-order valence-corrected chi connectivity index (χ1v) is 18.2. The Labute approximate surface area is 315 Å². The van der Waals surface area contributed by atoms with Gasteiger partial charge >= 0.3 is 5.97 Å². The summed E-state index contributed by atoms with van der Waals surface area (Å²) >= 11 is 0. The number of esters is 1. The Bertz CT molecular complexity index is 2120. The van der Waals surface area contributed by atoms with Crippen LogP contribution in [0.3, 0.4) is 0 Å². The second kappa shape index (κ2) is 16.9. The summed E-state index contributed by atoms with van der Waals surface area (Å²) in [5, 5.41) is 20.0. The van der Waals surface area contributed by atoms with Crippen molar-refractivity contribution in [3.63, 3.8) is 0 Å². The average Bonchev–Trinajstić information content (AvgIpc) is 3.81. The predicted molar refractivity (Wildman–Crippen MR) is 208 cm³/mol. The van der Waals surface area contributed by atoms with E-state index in [1.54, 1.807) is 24.1 Å². The fourth-order valence-electron chi connectivity index (χ4n) is 6.82. The van der Waals surface area contributed by atoms with Gasteiger partial charge in [-0.15, -0.1) is 5.10 Å². The van der Waals surface area contributed by atoms with Gasteiger partial charge in [0.25, 0.3) is 0 Å². The van der Waals surface area contributed by atoms with Gasteiger partial charge in [-0.3, -0.25) is 4.90 Å². The van der Waals surface area contributed by atoms with Crippen molar-refractivity contribution < 1.29 is 23.7 Å². The van der Waals surface area contributed by atoms with Crippen LogP contribution in [0.1, 0.15) is 51.7 Å². The molecule has 1 fully saturated rings. The summed E-state index contributed by atoms with van der Waals surface area (Å²) in [5.41, 5.74) is 10.1. The lowest BCUT2D eigenvalue weighted by molar-refractivity contribution is 0.0296. The summed E-state index contributed by atoms with van der Waals surface area (Å²) in [4.78, 5) is 17.4. The van der Waals surface area contributed by atoms with Crippen LogP contribution in [0.25, 0.3) is 22.4 Å². The molecule has 0 amide bonds. The lowest BCUT2D eigenvalue weighted by Crippen LogP contribution is -2.37. The van der Waals surface area contributed by atoms with Crippen molar-refractivity contribution in [2.75, 3.05) is 53.7 Å². The van der Waals surface area contributed by atoms with Gasteiger partial charge in [0.05, 0.1) is 52.8 Å². The van der Waals surface area contributed by atoms with Crippen molar-refractivity contribution in [3.8, 4) is 33.9 Å². The number of aromatic nitrogens is 3. The summed E-state index contributed by atoms with van der Waals surface area (Å²) in [6.45, 7) is 11.0. The van der Waals surface area contributed by atoms with Crippen molar-refractivity contribution in [1.29, 1.82) is 0 Å². The van der Waals surface area contributed by atoms with Gasteiger partial charge in [-0.25, -0.2) is 4.79 Å². The normalized spacial score (nSPS) is 13.9. The monoisotopic (exact) mass is 727 g/mol. The molecule has 2 heterocycles. The molecule has 4 aromatic carbocycles. The molecule has 0 bridgehead atoms. The zero-order valence-electron chi connectivity index (χ0n) is 31.0. The van der Waals surface area contributed by atoms with Gasteiger partial charge < -0.3 is 18.9 Å². The summed E-state index contributed by atoms with van der Waals surface area (Å²) in [6.07, 6.45) is 1.46. The summed E-state index contributed by atoms with van der Waals surface area (Å²) in [7, 11) is 3.29. The van der Waals surface area contributed by atoms with E-state index in [0.717, 1.165) is 96.3 Å². The Morgan fingerprint density at radius 1 is 0.870 bits per heavy atom. The minimum absolute atomic E-state index is 0.203. The lowest BCUT2D eigenvalue weighted by atomic mass is 10.0. The number of hydrogen-bond acceptors (Lipinski definition) is 11. The van der Waals surface area contributed by atoms with Gasteiger partial charge in [-0.05, 0) is 95.1 Å². The molecule has 7 rings (SSSR count). The molecule has 2 aliphatic rings. The zero-order chi connectivity index (χ0) is 37.4. The highest BCUT2D eigenvalue weighted by molar-refractivity contribution is 6.00. The van der Waals surface area contributed by atoms with E-state index < -0.39 is 5.97 Å². The molecule has 278 valence electrons. The first-order chi connectivity index (χ1) is 26.4. The Morgan fingerprint density at radius 3 is 2.22 bits per heavy atom. The Kier molecular flexibility index (Phi) is 11.4. The highest BCUT2D eigenvalue weighted by atomic mass is 16.5. The number of benzene rings is 4. The average molecular weight is 728 g/mol. The molecule has 1 saturated heterocycles. The van der Waals surface area contributed by atoms with E-state index in [1.165, 1.54) is 11.1 Å². The van der Waals surface area contributed by atoms with Crippen molar-refractivity contribution in [1.82, 2.24) is 25.0 Å². The number of methoxy groups -OCH3 is 2. The number of carbonyl (C=O) groups excluding carboxylic acids is 1. The van der Waals surface area contributed by atoms with Crippen molar-refractivity contribution in [2.24, 2.45) is 10.2 Å². The molecule has 5 aromatic rings. The van der Waals surface area contributed by atoms with Gasteiger partial charge in [0.1, 0.15) is 17.2 Å². The van der Waals surface area contributed by atoms with Crippen LogP contribution in [-0.4, -0.2) is 97.1 Å². The number of ether oxygens (including phenoxy) is 4. The van der Waals surface area contributed by atoms with E-state index in [-0.39, 0.29) is 5.69 Å². The third-order valence-electron chi connectivity index (χ3n) is 9.77. The topological polar surface area (TPSA) is 116 Å². The van der Waals surface area contributed by atoms with Gasteiger partial charge in [-0.1, -0.05) is 48.5 Å². The first-order valence-electron chi connectivity index (χ1n) is 18.2. The summed E-state index contributed by atoms with van der Waals surface area (Å²) in [6, 6.07) is 28.2. The number of hydrogen-bond donors (Lipinski definition) is 0. The van der Waals surface area contributed by atoms with Gasteiger partial charge in [0, 0.05) is 31.9 Å². The van der Waals surface area contributed by atoms with Crippen molar-refractivity contribution in [2.45, 2.75) is 32.9 Å². The van der Waals surface area contributed by atoms with Crippen molar-refractivity contribution in [3.05, 3.63) is 118 Å². The maximum absolute atomic E-state index is 13.6. The van der Waals surface area contributed by atoms with Crippen LogP contribution in [0.5, 0.6) is 11.5 Å². The van der Waals surface area contributed by atoms with E-state index in [0.29, 0.717) is 25.4 Å². The van der Waals surface area contributed by atoms with Crippen LogP contribution < -0.4 is 9.47 Å². The van der Waals surface area contributed by atoms with Crippen LogP contribution in [0.15, 0.2) is 95.1 Å². The molecule has 1 aromatic heterocycles. The molecule has 0 radical (unpaired) electrons. The fraction of sp³-hybridized carbons (Fsp3) is 0.310. The molecule has 1 aliphatic heterocycles. The van der Waals surface area contributed by atoms with E-state index >= 15 is 0 Å². The molecule has 0 saturated carbocycles. The maximum Gasteiger partial charge on any atom is 0.361 e. The lowest BCUT2D eigenvalue weighted by Gasteiger charge is -2.26. The molecular formula is C42H45N7O5. The maximum atomic E-state index is 13.6. The van der Waals surface area contributed by atoms with Gasteiger partial charge in [0.15, 0.2) is 5.69 Å². The van der Waals surface area contributed by atoms with Crippen LogP contribution in [0, 0.1) is 0 Å². The molecule has 0 N–H and O–H groups in total. The second-order valence-electron chi connectivity index (χ2n) is 13.3. The van der Waals surface area contributed by atoms with Crippen LogP contribution in [0.4, 0.5) is 0 Å². The number of fused-ring (bicyclic) bond motifs is 3. The third kappa shape index (κ3) is 8.51. The molecule has 1 aliphatic carbocycles. The fourth-order valence-corrected chi connectivity index (χ4v) is 6.82. The molecular weight excluding hydrogens is 683 g/mol. The molecule has 0 atom stereocenters. The number of morpholine rings is 1. The van der Waals surface area contributed by atoms with Crippen LogP contribution in [0.2, 0.25) is 0 Å². The van der Waals surface area contributed by atoms with Crippen molar-refractivity contribution >= 4 is 18.4 Å². The first kappa shape index (κ1) is 36.5. The molecule has 12 nitrogen and oxygen atoms in total. The molecule has 54 heavy (non-hydrogen) atoms. The zero-order valence-corrected chi connectivity index (χ0v) is 31.0. The Hall–Kier alpha value is -5.85. The molecule has 12 heteroatoms. The highest BCUT2D eigenvalue weighted by Gasteiger charge is 2.25. The van der Waals surface area contributed by atoms with E-state index in [9.17, 15) is 4.79 Å². The van der Waals surface area contributed by atoms with E-state index in [1.807, 2.05) is 61.5 Å².